The van der Waals surface area contributed by atoms with E-state index in [1.165, 1.54) is 0 Å². The van der Waals surface area contributed by atoms with Crippen molar-refractivity contribution in [2.24, 2.45) is 5.41 Å². The molecule has 1 aromatic heterocycles. The SMILES string of the molecule is CC1(C(=O)O)CCN(CC(=O)NNc2ccccn2)CC1. The number of nitrogens with zero attached hydrogens (tertiary/aromatic N) is 2. The first-order valence-electron chi connectivity index (χ1n) is 6.91. The largest absolute Gasteiger partial charge is 0.481 e. The Bertz CT molecular complexity index is 498. The molecule has 0 atom stereocenters. The van der Waals surface area contributed by atoms with Crippen LogP contribution in [0.5, 0.6) is 0 Å². The van der Waals surface area contributed by atoms with Crippen molar-refractivity contribution in [3.05, 3.63) is 24.4 Å². The van der Waals surface area contributed by atoms with Crippen molar-refractivity contribution in [1.29, 1.82) is 0 Å². The molecule has 0 spiro atoms. The van der Waals surface area contributed by atoms with Crippen LogP contribution >= 0.6 is 0 Å². The number of aliphatic carboxylic acids is 1. The summed E-state index contributed by atoms with van der Waals surface area (Å²) in [6.07, 6.45) is 2.75. The van der Waals surface area contributed by atoms with E-state index in [4.69, 9.17) is 5.11 Å². The van der Waals surface area contributed by atoms with Gasteiger partial charge >= 0.3 is 5.97 Å². The van der Waals surface area contributed by atoms with Crippen molar-refractivity contribution < 1.29 is 14.7 Å². The van der Waals surface area contributed by atoms with E-state index in [0.717, 1.165) is 0 Å². The quantitative estimate of drug-likeness (QED) is 0.692. The average molecular weight is 292 g/mol. The number of rotatable bonds is 5. The number of pyridine rings is 1. The zero-order chi connectivity index (χ0) is 15.3. The predicted molar refractivity (Wildman–Crippen MR) is 77.4 cm³/mol. The van der Waals surface area contributed by atoms with Gasteiger partial charge in [0.1, 0.15) is 5.82 Å². The highest BCUT2D eigenvalue weighted by atomic mass is 16.4. The Morgan fingerprint density at radius 3 is 2.67 bits per heavy atom. The van der Waals surface area contributed by atoms with Crippen LogP contribution in [-0.2, 0) is 9.59 Å². The van der Waals surface area contributed by atoms with Gasteiger partial charge in [-0.15, -0.1) is 0 Å². The van der Waals surface area contributed by atoms with Crippen LogP contribution in [0.1, 0.15) is 19.8 Å². The van der Waals surface area contributed by atoms with Crippen molar-refractivity contribution in [2.75, 3.05) is 25.1 Å². The molecule has 1 aliphatic heterocycles. The number of carboxylic acids is 1. The van der Waals surface area contributed by atoms with Gasteiger partial charge in [0.15, 0.2) is 0 Å². The Morgan fingerprint density at radius 2 is 2.10 bits per heavy atom. The number of likely N-dealkylation sites (tertiary alicyclic amines) is 1. The molecule has 0 radical (unpaired) electrons. The molecule has 1 aromatic rings. The normalized spacial score (nSPS) is 18.0. The van der Waals surface area contributed by atoms with Gasteiger partial charge < -0.3 is 5.11 Å². The van der Waals surface area contributed by atoms with E-state index < -0.39 is 11.4 Å². The summed E-state index contributed by atoms with van der Waals surface area (Å²) < 4.78 is 0. The third kappa shape index (κ3) is 4.16. The summed E-state index contributed by atoms with van der Waals surface area (Å²) in [4.78, 5) is 29.0. The molecular weight excluding hydrogens is 272 g/mol. The first-order valence-corrected chi connectivity index (χ1v) is 6.91. The number of anilines is 1. The van der Waals surface area contributed by atoms with Crippen molar-refractivity contribution in [3.8, 4) is 0 Å². The number of hydrazine groups is 1. The minimum atomic E-state index is -0.761. The third-order valence-corrected chi connectivity index (χ3v) is 3.84. The molecule has 114 valence electrons. The van der Waals surface area contributed by atoms with Crippen molar-refractivity contribution >= 4 is 17.7 Å². The summed E-state index contributed by atoms with van der Waals surface area (Å²) in [6, 6.07) is 5.36. The molecule has 1 fully saturated rings. The van der Waals surface area contributed by atoms with Crippen LogP contribution in [0.2, 0.25) is 0 Å². The molecule has 0 aromatic carbocycles. The maximum absolute atomic E-state index is 11.8. The Morgan fingerprint density at radius 1 is 1.38 bits per heavy atom. The molecule has 3 N–H and O–H groups in total. The molecule has 2 rings (SSSR count). The summed E-state index contributed by atoms with van der Waals surface area (Å²) in [7, 11) is 0. The van der Waals surface area contributed by atoms with E-state index in [1.54, 1.807) is 25.3 Å². The number of carboxylic acid groups (broad SMARTS) is 1. The summed E-state index contributed by atoms with van der Waals surface area (Å²) in [5.41, 5.74) is 4.65. The molecule has 1 aliphatic rings. The fourth-order valence-electron chi connectivity index (χ4n) is 2.23. The molecule has 7 heteroatoms. The van der Waals surface area contributed by atoms with Crippen LogP contribution < -0.4 is 10.9 Å². The first-order chi connectivity index (χ1) is 9.99. The zero-order valence-corrected chi connectivity index (χ0v) is 12.0. The van der Waals surface area contributed by atoms with Crippen molar-refractivity contribution in [1.82, 2.24) is 15.3 Å². The monoisotopic (exact) mass is 292 g/mol. The topological polar surface area (TPSA) is 94.6 Å². The van der Waals surface area contributed by atoms with E-state index >= 15 is 0 Å². The Hall–Kier alpha value is -2.15. The first kappa shape index (κ1) is 15.2. The van der Waals surface area contributed by atoms with Gasteiger partial charge in [-0.25, -0.2) is 4.98 Å². The fourth-order valence-corrected chi connectivity index (χ4v) is 2.23. The lowest BCUT2D eigenvalue weighted by atomic mass is 9.80. The number of carbonyl (C=O) groups is 2. The van der Waals surface area contributed by atoms with Gasteiger partial charge in [0.05, 0.1) is 12.0 Å². The maximum atomic E-state index is 11.8. The number of hydrogen-bond acceptors (Lipinski definition) is 5. The van der Waals surface area contributed by atoms with Crippen LogP contribution in [0.25, 0.3) is 0 Å². The molecule has 0 unspecified atom stereocenters. The fraction of sp³-hybridized carbons (Fsp3) is 0.500. The van der Waals surface area contributed by atoms with Crippen molar-refractivity contribution in [2.45, 2.75) is 19.8 Å². The van der Waals surface area contributed by atoms with E-state index in [9.17, 15) is 9.59 Å². The van der Waals surface area contributed by atoms with Crippen LogP contribution in [0, 0.1) is 5.41 Å². The molecule has 0 bridgehead atoms. The summed E-state index contributed by atoms with van der Waals surface area (Å²) in [5.74, 6) is -0.356. The van der Waals surface area contributed by atoms with E-state index in [2.05, 4.69) is 15.8 Å². The molecule has 21 heavy (non-hydrogen) atoms. The number of amides is 1. The molecule has 7 nitrogen and oxygen atoms in total. The lowest BCUT2D eigenvalue weighted by Crippen LogP contribution is -2.47. The minimum Gasteiger partial charge on any atom is -0.481 e. The maximum Gasteiger partial charge on any atom is 0.309 e. The minimum absolute atomic E-state index is 0.167. The number of piperidine rings is 1. The zero-order valence-electron chi connectivity index (χ0n) is 12.0. The van der Waals surface area contributed by atoms with Gasteiger partial charge in [0, 0.05) is 6.20 Å². The molecule has 1 saturated heterocycles. The smallest absolute Gasteiger partial charge is 0.309 e. The van der Waals surface area contributed by atoms with Crippen LogP contribution in [0.3, 0.4) is 0 Å². The molecule has 1 amide bonds. The lowest BCUT2D eigenvalue weighted by molar-refractivity contribution is -0.150. The van der Waals surface area contributed by atoms with Crippen LogP contribution in [-0.4, -0.2) is 46.5 Å². The van der Waals surface area contributed by atoms with E-state index in [1.807, 2.05) is 11.0 Å². The number of hydrogen-bond donors (Lipinski definition) is 3. The Balaban J connectivity index is 1.73. The number of nitrogens with one attached hydrogen (secondary N) is 2. The highest BCUT2D eigenvalue weighted by molar-refractivity contribution is 5.79. The predicted octanol–water partition coefficient (Wildman–Crippen LogP) is 0.711. The second-order valence-corrected chi connectivity index (χ2v) is 5.53. The van der Waals surface area contributed by atoms with Crippen LogP contribution in [0.4, 0.5) is 5.82 Å². The molecular formula is C14H20N4O3. The summed E-state index contributed by atoms with van der Waals surface area (Å²) in [6.45, 7) is 3.23. The lowest BCUT2D eigenvalue weighted by Gasteiger charge is -2.35. The summed E-state index contributed by atoms with van der Waals surface area (Å²) in [5, 5.41) is 9.16. The molecule has 2 heterocycles. The highest BCUT2D eigenvalue weighted by Crippen LogP contribution is 2.30. The van der Waals surface area contributed by atoms with E-state index in [-0.39, 0.29) is 12.5 Å². The number of carbonyl (C=O) groups excluding carboxylic acids is 1. The summed E-state index contributed by atoms with van der Waals surface area (Å²) >= 11 is 0. The van der Waals surface area contributed by atoms with Gasteiger partial charge in [-0.05, 0) is 45.0 Å². The second-order valence-electron chi connectivity index (χ2n) is 5.53. The highest BCUT2D eigenvalue weighted by Gasteiger charge is 2.37. The average Bonchev–Trinajstić information content (AvgIpc) is 2.49. The molecule has 0 aliphatic carbocycles. The van der Waals surface area contributed by atoms with Gasteiger partial charge in [-0.3, -0.25) is 25.3 Å². The molecule has 0 saturated carbocycles. The standard InChI is InChI=1S/C14H20N4O3/c1-14(13(20)21)5-8-18(9-6-14)10-12(19)17-16-11-4-2-3-7-15-11/h2-4,7H,5-6,8-10H2,1H3,(H,15,16)(H,17,19)(H,20,21). The van der Waals surface area contributed by atoms with Gasteiger partial charge in [-0.2, -0.15) is 0 Å². The van der Waals surface area contributed by atoms with Gasteiger partial charge in [0.2, 0.25) is 0 Å². The Kier molecular flexibility index (Phi) is 4.74. The van der Waals surface area contributed by atoms with Crippen LogP contribution in [0.15, 0.2) is 24.4 Å². The van der Waals surface area contributed by atoms with Crippen molar-refractivity contribution in [3.63, 3.8) is 0 Å². The Labute approximate surface area is 123 Å². The van der Waals surface area contributed by atoms with Gasteiger partial charge in [0.25, 0.3) is 5.91 Å². The van der Waals surface area contributed by atoms with Gasteiger partial charge in [-0.1, -0.05) is 6.07 Å². The second kappa shape index (κ2) is 6.53. The number of aromatic nitrogens is 1. The third-order valence-electron chi connectivity index (χ3n) is 3.84. The van der Waals surface area contributed by atoms with E-state index in [0.29, 0.717) is 31.7 Å².